The molecule has 5 nitrogen and oxygen atoms in total. The highest BCUT2D eigenvalue weighted by Crippen LogP contribution is 2.06. The molecule has 3 aromatic rings. The molecule has 15 heavy (non-hydrogen) atoms. The van der Waals surface area contributed by atoms with Gasteiger partial charge in [-0.05, 0) is 24.6 Å². The quantitative estimate of drug-likeness (QED) is 0.592. The molecular weight excluding hydrogens is 190 g/mol. The van der Waals surface area contributed by atoms with Crippen molar-refractivity contribution in [3.05, 3.63) is 42.5 Å². The third-order valence-electron chi connectivity index (χ3n) is 2.19. The molecule has 0 fully saturated rings. The Hall–Kier alpha value is -2.17. The summed E-state index contributed by atoms with van der Waals surface area (Å²) < 4.78 is 3.47. The first kappa shape index (κ1) is 8.16. The molecule has 0 aliphatic rings. The van der Waals surface area contributed by atoms with Crippen molar-refractivity contribution in [3.8, 4) is 5.82 Å². The topological polar surface area (TPSA) is 48.0 Å². The van der Waals surface area contributed by atoms with Crippen LogP contribution in [0, 0.1) is 6.92 Å². The summed E-state index contributed by atoms with van der Waals surface area (Å²) in [4.78, 5) is 4.13. The van der Waals surface area contributed by atoms with Gasteiger partial charge in [0.05, 0.1) is 6.20 Å². The Morgan fingerprint density at radius 3 is 3.00 bits per heavy atom. The Bertz CT molecular complexity index is 607. The van der Waals surface area contributed by atoms with Crippen molar-refractivity contribution in [2.75, 3.05) is 0 Å². The minimum Gasteiger partial charge on any atom is -0.236 e. The van der Waals surface area contributed by atoms with E-state index in [0.29, 0.717) is 0 Å². The average Bonchev–Trinajstić information content (AvgIpc) is 2.84. The van der Waals surface area contributed by atoms with E-state index in [0.717, 1.165) is 17.0 Å². The van der Waals surface area contributed by atoms with Gasteiger partial charge in [-0.2, -0.15) is 5.10 Å². The van der Waals surface area contributed by atoms with Crippen LogP contribution in [0.4, 0.5) is 0 Å². The lowest BCUT2D eigenvalue weighted by molar-refractivity contribution is 0.793. The maximum Gasteiger partial charge on any atom is 0.174 e. The molecule has 0 aliphatic heterocycles. The Balaban J connectivity index is 2.18. The van der Waals surface area contributed by atoms with Crippen molar-refractivity contribution in [2.45, 2.75) is 6.92 Å². The lowest BCUT2D eigenvalue weighted by atomic mass is 10.4. The molecule has 0 unspecified atom stereocenters. The molecule has 0 N–H and O–H groups in total. The molecule has 0 radical (unpaired) electrons. The first-order valence-electron chi connectivity index (χ1n) is 4.65. The Morgan fingerprint density at radius 2 is 2.20 bits per heavy atom. The molecule has 3 aromatic heterocycles. The summed E-state index contributed by atoms with van der Waals surface area (Å²) in [6, 6.07) is 3.81. The van der Waals surface area contributed by atoms with Gasteiger partial charge in [0.25, 0.3) is 0 Å². The summed E-state index contributed by atoms with van der Waals surface area (Å²) in [5.41, 5.74) is 1.95. The van der Waals surface area contributed by atoms with Gasteiger partial charge in [0.15, 0.2) is 11.5 Å². The van der Waals surface area contributed by atoms with Crippen LogP contribution in [0.15, 0.2) is 36.9 Å². The minimum atomic E-state index is 0.786. The fraction of sp³-hybridized carbons (Fsp3) is 0.100. The summed E-state index contributed by atoms with van der Waals surface area (Å²) in [5.74, 6) is 0.786. The lowest BCUT2D eigenvalue weighted by Crippen LogP contribution is -2.01. The largest absolute Gasteiger partial charge is 0.236 e. The second-order valence-corrected chi connectivity index (χ2v) is 3.38. The zero-order chi connectivity index (χ0) is 10.3. The van der Waals surface area contributed by atoms with E-state index in [2.05, 4.69) is 15.2 Å². The fourth-order valence-corrected chi connectivity index (χ4v) is 1.47. The molecule has 5 heteroatoms. The van der Waals surface area contributed by atoms with Gasteiger partial charge in [-0.1, -0.05) is 0 Å². The van der Waals surface area contributed by atoms with Crippen LogP contribution in [0.5, 0.6) is 0 Å². The zero-order valence-electron chi connectivity index (χ0n) is 8.20. The third kappa shape index (κ3) is 1.28. The molecule has 0 saturated heterocycles. The summed E-state index contributed by atoms with van der Waals surface area (Å²) in [7, 11) is 0. The number of rotatable bonds is 1. The van der Waals surface area contributed by atoms with E-state index in [1.807, 2.05) is 31.5 Å². The van der Waals surface area contributed by atoms with Crippen LogP contribution < -0.4 is 0 Å². The maximum absolute atomic E-state index is 4.37. The highest BCUT2D eigenvalue weighted by Gasteiger charge is 2.01. The second-order valence-electron chi connectivity index (χ2n) is 3.38. The molecule has 3 heterocycles. The van der Waals surface area contributed by atoms with Crippen molar-refractivity contribution in [3.63, 3.8) is 0 Å². The highest BCUT2D eigenvalue weighted by atomic mass is 15.4. The van der Waals surface area contributed by atoms with Gasteiger partial charge in [0.1, 0.15) is 0 Å². The summed E-state index contributed by atoms with van der Waals surface area (Å²) in [6.07, 6.45) is 7.28. The summed E-state index contributed by atoms with van der Waals surface area (Å²) in [5, 5.41) is 8.57. The number of aryl methyl sites for hydroxylation is 1. The summed E-state index contributed by atoms with van der Waals surface area (Å²) in [6.45, 7) is 2.00. The van der Waals surface area contributed by atoms with Gasteiger partial charge in [0, 0.05) is 18.6 Å². The predicted molar refractivity (Wildman–Crippen MR) is 54.8 cm³/mol. The normalized spacial score (nSPS) is 11.0. The Morgan fingerprint density at radius 1 is 1.27 bits per heavy atom. The van der Waals surface area contributed by atoms with Crippen LogP contribution in [0.25, 0.3) is 11.5 Å². The molecule has 0 atom stereocenters. The molecule has 0 amide bonds. The van der Waals surface area contributed by atoms with Gasteiger partial charge < -0.3 is 0 Å². The first-order valence-corrected chi connectivity index (χ1v) is 4.65. The van der Waals surface area contributed by atoms with E-state index in [4.69, 9.17) is 0 Å². The van der Waals surface area contributed by atoms with E-state index < -0.39 is 0 Å². The number of hydrogen-bond acceptors (Lipinski definition) is 3. The number of hydrogen-bond donors (Lipinski definition) is 0. The minimum absolute atomic E-state index is 0.786. The predicted octanol–water partition coefficient (Wildman–Crippen LogP) is 1.22. The smallest absolute Gasteiger partial charge is 0.174 e. The molecule has 0 spiro atoms. The molecule has 0 bridgehead atoms. The van der Waals surface area contributed by atoms with Crippen molar-refractivity contribution >= 4 is 5.65 Å². The molecular formula is C10H9N5. The van der Waals surface area contributed by atoms with E-state index in [9.17, 15) is 0 Å². The highest BCUT2D eigenvalue weighted by molar-refractivity contribution is 5.39. The molecule has 74 valence electrons. The molecule has 0 saturated carbocycles. The first-order chi connectivity index (χ1) is 7.33. The van der Waals surface area contributed by atoms with Gasteiger partial charge in [0.2, 0.25) is 0 Å². The van der Waals surface area contributed by atoms with Gasteiger partial charge in [-0.15, -0.1) is 5.10 Å². The van der Waals surface area contributed by atoms with E-state index >= 15 is 0 Å². The maximum atomic E-state index is 4.37. The van der Waals surface area contributed by atoms with Crippen molar-refractivity contribution in [1.82, 2.24) is 24.4 Å². The standard InChI is InChI=1S/C10H9N5/c1-8-6-12-15(7-8)10-3-2-9-11-4-5-14(9)13-10/h2-7H,1H3. The number of aromatic nitrogens is 5. The summed E-state index contributed by atoms with van der Waals surface area (Å²) >= 11 is 0. The number of nitrogens with zero attached hydrogens (tertiary/aromatic N) is 5. The van der Waals surface area contributed by atoms with Crippen LogP contribution in [0.3, 0.4) is 0 Å². The third-order valence-corrected chi connectivity index (χ3v) is 2.19. The van der Waals surface area contributed by atoms with Crippen LogP contribution in [-0.4, -0.2) is 24.4 Å². The lowest BCUT2D eigenvalue weighted by Gasteiger charge is -1.99. The molecule has 0 aromatic carbocycles. The Kier molecular flexibility index (Phi) is 1.58. The van der Waals surface area contributed by atoms with Crippen LogP contribution >= 0.6 is 0 Å². The van der Waals surface area contributed by atoms with Gasteiger partial charge in [-0.3, -0.25) is 0 Å². The zero-order valence-corrected chi connectivity index (χ0v) is 8.20. The average molecular weight is 199 g/mol. The molecule has 0 aliphatic carbocycles. The van der Waals surface area contributed by atoms with Crippen LogP contribution in [-0.2, 0) is 0 Å². The van der Waals surface area contributed by atoms with Gasteiger partial charge in [-0.25, -0.2) is 14.2 Å². The molecule has 3 rings (SSSR count). The van der Waals surface area contributed by atoms with E-state index in [1.165, 1.54) is 0 Å². The van der Waals surface area contributed by atoms with Crippen molar-refractivity contribution in [1.29, 1.82) is 0 Å². The van der Waals surface area contributed by atoms with Crippen molar-refractivity contribution in [2.24, 2.45) is 0 Å². The SMILES string of the molecule is Cc1cnn(-c2ccc3nccn3n2)c1. The monoisotopic (exact) mass is 199 g/mol. The Labute approximate surface area is 86.0 Å². The van der Waals surface area contributed by atoms with Crippen molar-refractivity contribution < 1.29 is 0 Å². The van der Waals surface area contributed by atoms with Crippen LogP contribution in [0.2, 0.25) is 0 Å². The number of fused-ring (bicyclic) bond motifs is 1. The van der Waals surface area contributed by atoms with E-state index in [-0.39, 0.29) is 0 Å². The second kappa shape index (κ2) is 2.91. The van der Waals surface area contributed by atoms with Gasteiger partial charge >= 0.3 is 0 Å². The fourth-order valence-electron chi connectivity index (χ4n) is 1.47. The van der Waals surface area contributed by atoms with E-state index in [1.54, 1.807) is 21.6 Å². The van der Waals surface area contributed by atoms with Crippen LogP contribution in [0.1, 0.15) is 5.56 Å². The number of imidazole rings is 1.